The molecule has 148 valence electrons. The van der Waals surface area contributed by atoms with E-state index >= 15 is 0 Å². The minimum absolute atomic E-state index is 0.270. The lowest BCUT2D eigenvalue weighted by Crippen LogP contribution is -2.05. The minimum atomic E-state index is -0.923. The van der Waals surface area contributed by atoms with E-state index in [1.807, 2.05) is 6.07 Å². The second kappa shape index (κ2) is 7.92. The number of halogens is 2. The van der Waals surface area contributed by atoms with Crippen molar-refractivity contribution in [3.8, 4) is 22.8 Å². The van der Waals surface area contributed by atoms with Crippen molar-refractivity contribution in [1.29, 1.82) is 0 Å². The quantitative estimate of drug-likeness (QED) is 0.509. The van der Waals surface area contributed by atoms with Crippen LogP contribution >= 0.6 is 11.3 Å². The number of fused-ring (bicyclic) bond motifs is 1. The monoisotopic (exact) mass is 415 g/mol. The Morgan fingerprint density at radius 3 is 2.48 bits per heavy atom. The first-order chi connectivity index (χ1) is 14.1. The summed E-state index contributed by atoms with van der Waals surface area (Å²) in [5, 5.41) is 11.6. The zero-order valence-corrected chi connectivity index (χ0v) is 16.3. The van der Waals surface area contributed by atoms with Gasteiger partial charge in [0.25, 0.3) is 0 Å². The zero-order valence-electron chi connectivity index (χ0n) is 15.4. The summed E-state index contributed by atoms with van der Waals surface area (Å²) < 4.78 is 38.1. The molecule has 0 aliphatic heterocycles. The largest absolute Gasteiger partial charge is 0.496 e. The molecule has 0 atom stereocenters. The van der Waals surface area contributed by atoms with Crippen molar-refractivity contribution in [3.05, 3.63) is 53.2 Å². The van der Waals surface area contributed by atoms with Crippen molar-refractivity contribution < 1.29 is 18.3 Å². The summed E-state index contributed by atoms with van der Waals surface area (Å²) in [6, 6.07) is 7.63. The molecule has 10 heteroatoms. The van der Waals surface area contributed by atoms with E-state index in [9.17, 15) is 8.78 Å². The van der Waals surface area contributed by atoms with E-state index in [4.69, 9.17) is 9.47 Å². The summed E-state index contributed by atoms with van der Waals surface area (Å²) >= 11 is 1.26. The van der Waals surface area contributed by atoms with Gasteiger partial charge >= 0.3 is 0 Å². The molecule has 0 fully saturated rings. The minimum Gasteiger partial charge on any atom is -0.496 e. The van der Waals surface area contributed by atoms with Crippen LogP contribution in [-0.4, -0.2) is 34.4 Å². The number of hydrogen-bond acceptors (Lipinski definition) is 8. The zero-order chi connectivity index (χ0) is 20.4. The highest BCUT2D eigenvalue weighted by molar-refractivity contribution is 7.18. The van der Waals surface area contributed by atoms with Gasteiger partial charge in [0.2, 0.25) is 5.95 Å². The molecule has 2 aromatic heterocycles. The Kier molecular flexibility index (Phi) is 5.17. The average Bonchev–Trinajstić information content (AvgIpc) is 3.13. The SMILES string of the molecule is COc1cccc(OC)c1-c1cnnc(NCc2nc3cc(F)c(F)cc3s2)n1. The van der Waals surface area contributed by atoms with Gasteiger partial charge < -0.3 is 14.8 Å². The van der Waals surface area contributed by atoms with Crippen molar-refractivity contribution in [3.63, 3.8) is 0 Å². The number of methoxy groups -OCH3 is 2. The van der Waals surface area contributed by atoms with Gasteiger partial charge in [-0.1, -0.05) is 6.07 Å². The van der Waals surface area contributed by atoms with Crippen molar-refractivity contribution in [2.75, 3.05) is 19.5 Å². The number of nitrogens with zero attached hydrogens (tertiary/aromatic N) is 4. The summed E-state index contributed by atoms with van der Waals surface area (Å²) in [4.78, 5) is 8.77. The molecule has 0 spiro atoms. The summed E-state index contributed by atoms with van der Waals surface area (Å²) in [6.07, 6.45) is 1.51. The van der Waals surface area contributed by atoms with Gasteiger partial charge in [-0.2, -0.15) is 5.10 Å². The summed E-state index contributed by atoms with van der Waals surface area (Å²) in [5.74, 6) is -0.371. The summed E-state index contributed by atoms with van der Waals surface area (Å²) in [6.45, 7) is 0.275. The Morgan fingerprint density at radius 1 is 1.03 bits per heavy atom. The highest BCUT2D eigenvalue weighted by Gasteiger charge is 2.15. The number of hydrogen-bond donors (Lipinski definition) is 1. The maximum Gasteiger partial charge on any atom is 0.243 e. The van der Waals surface area contributed by atoms with Crippen LogP contribution in [0.1, 0.15) is 5.01 Å². The van der Waals surface area contributed by atoms with Crippen LogP contribution in [0.4, 0.5) is 14.7 Å². The third-order valence-corrected chi connectivity index (χ3v) is 5.13. The molecule has 0 saturated carbocycles. The van der Waals surface area contributed by atoms with Crippen LogP contribution in [0.25, 0.3) is 21.5 Å². The average molecular weight is 415 g/mol. The smallest absolute Gasteiger partial charge is 0.243 e. The number of thiazole rings is 1. The number of benzene rings is 2. The standard InChI is InChI=1S/C19H15F2N5O2S/c1-27-14-4-3-5-15(28-2)18(14)13-8-23-26-19(25-13)22-9-17-24-12-6-10(20)11(21)7-16(12)29-17/h3-8H,9H2,1-2H3,(H,22,25,26). The van der Waals surface area contributed by atoms with E-state index in [1.54, 1.807) is 26.4 Å². The lowest BCUT2D eigenvalue weighted by molar-refractivity contribution is 0.397. The molecular formula is C19H15F2N5O2S. The van der Waals surface area contributed by atoms with Gasteiger partial charge in [0.15, 0.2) is 11.6 Å². The second-order valence-corrected chi connectivity index (χ2v) is 7.01. The first-order valence-electron chi connectivity index (χ1n) is 8.48. The molecule has 0 aliphatic rings. The first-order valence-corrected chi connectivity index (χ1v) is 9.30. The molecule has 7 nitrogen and oxygen atoms in total. The molecule has 0 amide bonds. The van der Waals surface area contributed by atoms with E-state index in [0.717, 1.165) is 12.1 Å². The van der Waals surface area contributed by atoms with E-state index in [1.165, 1.54) is 17.5 Å². The lowest BCUT2D eigenvalue weighted by atomic mass is 10.1. The molecule has 4 aromatic rings. The van der Waals surface area contributed by atoms with Crippen LogP contribution in [-0.2, 0) is 6.54 Å². The summed E-state index contributed by atoms with van der Waals surface area (Å²) in [7, 11) is 3.12. The molecule has 0 saturated heterocycles. The fraction of sp³-hybridized carbons (Fsp3) is 0.158. The topological polar surface area (TPSA) is 82.0 Å². The molecule has 1 N–H and O–H groups in total. The highest BCUT2D eigenvalue weighted by Crippen LogP contribution is 2.37. The van der Waals surface area contributed by atoms with Crippen LogP contribution in [0.15, 0.2) is 36.5 Å². The Bertz CT molecular complexity index is 1120. The second-order valence-electron chi connectivity index (χ2n) is 5.90. The summed E-state index contributed by atoms with van der Waals surface area (Å²) in [5.41, 5.74) is 1.57. The third kappa shape index (κ3) is 3.79. The van der Waals surface area contributed by atoms with Crippen LogP contribution < -0.4 is 14.8 Å². The molecule has 0 radical (unpaired) electrons. The number of nitrogens with one attached hydrogen (secondary N) is 1. The maximum absolute atomic E-state index is 13.4. The van der Waals surface area contributed by atoms with Gasteiger partial charge in [-0.3, -0.25) is 0 Å². The number of anilines is 1. The molecule has 0 unspecified atom stereocenters. The molecule has 29 heavy (non-hydrogen) atoms. The van der Waals surface area contributed by atoms with Gasteiger partial charge in [-0.05, 0) is 18.2 Å². The Balaban J connectivity index is 1.59. The van der Waals surface area contributed by atoms with Crippen molar-refractivity contribution in [2.24, 2.45) is 0 Å². The molecule has 2 aromatic carbocycles. The van der Waals surface area contributed by atoms with E-state index in [0.29, 0.717) is 38.0 Å². The molecule has 0 aliphatic carbocycles. The van der Waals surface area contributed by atoms with Crippen LogP contribution in [0.3, 0.4) is 0 Å². The third-order valence-electron chi connectivity index (χ3n) is 4.12. The fourth-order valence-electron chi connectivity index (χ4n) is 2.80. The van der Waals surface area contributed by atoms with Crippen LogP contribution in [0.2, 0.25) is 0 Å². The lowest BCUT2D eigenvalue weighted by Gasteiger charge is -2.12. The predicted octanol–water partition coefficient (Wildman–Crippen LogP) is 4.06. The number of ether oxygens (including phenoxy) is 2. The van der Waals surface area contributed by atoms with Crippen molar-refractivity contribution in [2.45, 2.75) is 6.54 Å². The fourth-order valence-corrected chi connectivity index (χ4v) is 3.72. The van der Waals surface area contributed by atoms with Gasteiger partial charge in [0, 0.05) is 6.07 Å². The Hall–Kier alpha value is -3.40. The molecular weight excluding hydrogens is 400 g/mol. The normalized spacial score (nSPS) is 10.9. The van der Waals surface area contributed by atoms with Crippen LogP contribution in [0.5, 0.6) is 11.5 Å². The Morgan fingerprint density at radius 2 is 1.76 bits per heavy atom. The van der Waals surface area contributed by atoms with Crippen LogP contribution in [0, 0.1) is 11.6 Å². The number of aromatic nitrogens is 4. The van der Waals surface area contributed by atoms with E-state index < -0.39 is 11.6 Å². The number of rotatable bonds is 6. The van der Waals surface area contributed by atoms with Gasteiger partial charge in [0.05, 0.1) is 42.7 Å². The predicted molar refractivity (Wildman–Crippen MR) is 105 cm³/mol. The van der Waals surface area contributed by atoms with Crippen molar-refractivity contribution in [1.82, 2.24) is 20.2 Å². The van der Waals surface area contributed by atoms with E-state index in [2.05, 4.69) is 25.5 Å². The molecule has 4 rings (SSSR count). The highest BCUT2D eigenvalue weighted by atomic mass is 32.1. The van der Waals surface area contributed by atoms with Gasteiger partial charge in [0.1, 0.15) is 22.2 Å². The van der Waals surface area contributed by atoms with E-state index in [-0.39, 0.29) is 12.5 Å². The molecule has 0 bridgehead atoms. The van der Waals surface area contributed by atoms with Gasteiger partial charge in [-0.15, -0.1) is 16.4 Å². The Labute approximate surface area is 168 Å². The molecule has 2 heterocycles. The van der Waals surface area contributed by atoms with Crippen molar-refractivity contribution >= 4 is 27.5 Å². The maximum atomic E-state index is 13.4. The first kappa shape index (κ1) is 18.9. The van der Waals surface area contributed by atoms with Gasteiger partial charge in [-0.25, -0.2) is 18.7 Å².